The molecule has 4 nitrogen and oxygen atoms in total. The predicted molar refractivity (Wildman–Crippen MR) is 75.6 cm³/mol. The number of amides is 1. The maximum absolute atomic E-state index is 12.6. The maximum atomic E-state index is 12.6. The van der Waals surface area contributed by atoms with Gasteiger partial charge < -0.3 is 15.0 Å². The number of fused-ring (bicyclic) bond motifs is 1. The van der Waals surface area contributed by atoms with E-state index in [2.05, 4.69) is 19.2 Å². The molecule has 3 heterocycles. The van der Waals surface area contributed by atoms with Crippen LogP contribution in [-0.4, -0.2) is 42.6 Å². The minimum Gasteiger partial charge on any atom is -0.376 e. The van der Waals surface area contributed by atoms with E-state index < -0.39 is 0 Å². The highest BCUT2D eigenvalue weighted by Gasteiger charge is 2.27. The van der Waals surface area contributed by atoms with E-state index in [1.54, 1.807) is 11.3 Å². The second kappa shape index (κ2) is 5.23. The van der Waals surface area contributed by atoms with Crippen LogP contribution in [0.4, 0.5) is 0 Å². The van der Waals surface area contributed by atoms with Gasteiger partial charge in [0.1, 0.15) is 0 Å². The number of carbonyl (C=O) groups is 1. The summed E-state index contributed by atoms with van der Waals surface area (Å²) in [7, 11) is 0. The molecular weight excluding hydrogens is 260 g/mol. The van der Waals surface area contributed by atoms with Crippen molar-refractivity contribution in [2.45, 2.75) is 39.0 Å². The van der Waals surface area contributed by atoms with Crippen LogP contribution in [0.5, 0.6) is 0 Å². The van der Waals surface area contributed by atoms with E-state index in [1.165, 1.54) is 10.4 Å². The summed E-state index contributed by atoms with van der Waals surface area (Å²) < 4.78 is 5.44. The molecule has 0 radical (unpaired) electrons. The van der Waals surface area contributed by atoms with Gasteiger partial charge in [0.2, 0.25) is 0 Å². The smallest absolute Gasteiger partial charge is 0.264 e. The number of hydrogen-bond acceptors (Lipinski definition) is 4. The summed E-state index contributed by atoms with van der Waals surface area (Å²) in [6.45, 7) is 7.28. The fourth-order valence-electron chi connectivity index (χ4n) is 2.90. The summed E-state index contributed by atoms with van der Waals surface area (Å²) >= 11 is 1.65. The highest BCUT2D eigenvalue weighted by molar-refractivity contribution is 7.14. The quantitative estimate of drug-likeness (QED) is 0.850. The van der Waals surface area contributed by atoms with Crippen LogP contribution < -0.4 is 5.32 Å². The van der Waals surface area contributed by atoms with Crippen LogP contribution in [0.25, 0.3) is 0 Å². The first-order valence-corrected chi connectivity index (χ1v) is 7.70. The Morgan fingerprint density at radius 3 is 2.84 bits per heavy atom. The van der Waals surface area contributed by atoms with Gasteiger partial charge in [0.05, 0.1) is 18.1 Å². The molecule has 1 aromatic rings. The number of piperazine rings is 1. The first kappa shape index (κ1) is 13.1. The van der Waals surface area contributed by atoms with Gasteiger partial charge in [-0.25, -0.2) is 0 Å². The molecule has 0 spiro atoms. The van der Waals surface area contributed by atoms with Crippen LogP contribution in [0, 0.1) is 0 Å². The Kier molecular flexibility index (Phi) is 3.60. The van der Waals surface area contributed by atoms with Crippen molar-refractivity contribution >= 4 is 17.2 Å². The highest BCUT2D eigenvalue weighted by Crippen LogP contribution is 2.28. The fourth-order valence-corrected chi connectivity index (χ4v) is 4.02. The Morgan fingerprint density at radius 2 is 2.16 bits per heavy atom. The van der Waals surface area contributed by atoms with Gasteiger partial charge in [-0.2, -0.15) is 0 Å². The number of thiophene rings is 1. The Bertz CT molecular complexity index is 452. The third kappa shape index (κ3) is 2.68. The van der Waals surface area contributed by atoms with E-state index in [-0.39, 0.29) is 5.91 Å². The molecule has 0 saturated carbocycles. The summed E-state index contributed by atoms with van der Waals surface area (Å²) in [6, 6.07) is 2.76. The molecule has 19 heavy (non-hydrogen) atoms. The Morgan fingerprint density at radius 1 is 1.42 bits per heavy atom. The van der Waals surface area contributed by atoms with Crippen molar-refractivity contribution in [3.63, 3.8) is 0 Å². The van der Waals surface area contributed by atoms with Crippen LogP contribution in [0.1, 0.15) is 34.0 Å². The standard InChI is InChI=1S/C14H20N2O2S/c1-9-6-16(7-10(2)15-9)14(17)13-5-11-8-18-4-3-12(11)19-13/h5,9-10,15H,3-4,6-8H2,1-2H3/t9-,10-/m1/s1. The van der Waals surface area contributed by atoms with Gasteiger partial charge >= 0.3 is 0 Å². The normalized spacial score (nSPS) is 27.2. The largest absolute Gasteiger partial charge is 0.376 e. The molecule has 2 atom stereocenters. The average Bonchev–Trinajstić information content (AvgIpc) is 2.80. The first-order valence-electron chi connectivity index (χ1n) is 6.88. The van der Waals surface area contributed by atoms with Crippen molar-refractivity contribution in [3.05, 3.63) is 21.4 Å². The zero-order chi connectivity index (χ0) is 13.4. The lowest BCUT2D eigenvalue weighted by Gasteiger charge is -2.35. The third-order valence-corrected chi connectivity index (χ3v) is 4.91. The van der Waals surface area contributed by atoms with Crippen molar-refractivity contribution < 1.29 is 9.53 Å². The first-order chi connectivity index (χ1) is 9.13. The van der Waals surface area contributed by atoms with Gasteiger partial charge in [-0.3, -0.25) is 4.79 Å². The van der Waals surface area contributed by atoms with E-state index in [1.807, 2.05) is 11.0 Å². The van der Waals surface area contributed by atoms with Crippen molar-refractivity contribution in [2.75, 3.05) is 19.7 Å². The highest BCUT2D eigenvalue weighted by atomic mass is 32.1. The minimum atomic E-state index is 0.180. The van der Waals surface area contributed by atoms with Gasteiger partial charge in [0.25, 0.3) is 5.91 Å². The van der Waals surface area contributed by atoms with Gasteiger partial charge in [0.15, 0.2) is 0 Å². The summed E-state index contributed by atoms with van der Waals surface area (Å²) in [5.74, 6) is 0.180. The molecule has 2 aliphatic rings. The lowest BCUT2D eigenvalue weighted by Crippen LogP contribution is -2.55. The maximum Gasteiger partial charge on any atom is 0.264 e. The van der Waals surface area contributed by atoms with E-state index in [0.29, 0.717) is 18.7 Å². The molecular formula is C14H20N2O2S. The predicted octanol–water partition coefficient (Wildman–Crippen LogP) is 1.64. The molecule has 1 N–H and O–H groups in total. The van der Waals surface area contributed by atoms with Gasteiger partial charge in [-0.05, 0) is 25.5 Å². The third-order valence-electron chi connectivity index (χ3n) is 3.68. The molecule has 0 aliphatic carbocycles. The SMILES string of the molecule is C[C@@H]1CN(C(=O)c2cc3c(s2)CCOC3)C[C@@H](C)N1. The van der Waals surface area contributed by atoms with Crippen LogP contribution in [0.3, 0.4) is 0 Å². The van der Waals surface area contributed by atoms with Crippen LogP contribution >= 0.6 is 11.3 Å². The topological polar surface area (TPSA) is 41.6 Å². The van der Waals surface area contributed by atoms with E-state index in [0.717, 1.165) is 31.0 Å². The van der Waals surface area contributed by atoms with E-state index in [4.69, 9.17) is 4.74 Å². The van der Waals surface area contributed by atoms with E-state index in [9.17, 15) is 4.79 Å². The van der Waals surface area contributed by atoms with Crippen LogP contribution in [-0.2, 0) is 17.8 Å². The Hall–Kier alpha value is -0.910. The van der Waals surface area contributed by atoms with Crippen LogP contribution in [0.15, 0.2) is 6.07 Å². The molecule has 0 bridgehead atoms. The van der Waals surface area contributed by atoms with Gasteiger partial charge in [0, 0.05) is 36.5 Å². The number of carbonyl (C=O) groups excluding carboxylic acids is 1. The average molecular weight is 280 g/mol. The molecule has 1 saturated heterocycles. The van der Waals surface area contributed by atoms with Crippen LogP contribution in [0.2, 0.25) is 0 Å². The van der Waals surface area contributed by atoms with Crippen molar-refractivity contribution in [2.24, 2.45) is 0 Å². The van der Waals surface area contributed by atoms with Crippen molar-refractivity contribution in [1.82, 2.24) is 10.2 Å². The Labute approximate surface area is 117 Å². The number of ether oxygens (including phenoxy) is 1. The number of rotatable bonds is 1. The molecule has 3 rings (SSSR count). The summed E-state index contributed by atoms with van der Waals surface area (Å²) in [5, 5.41) is 3.45. The van der Waals surface area contributed by atoms with Gasteiger partial charge in [-0.1, -0.05) is 0 Å². The second-order valence-electron chi connectivity index (χ2n) is 5.54. The number of hydrogen-bond donors (Lipinski definition) is 1. The monoisotopic (exact) mass is 280 g/mol. The zero-order valence-electron chi connectivity index (χ0n) is 11.4. The second-order valence-corrected chi connectivity index (χ2v) is 6.68. The molecule has 104 valence electrons. The summed E-state index contributed by atoms with van der Waals surface area (Å²) in [5.41, 5.74) is 1.20. The molecule has 1 fully saturated rings. The summed E-state index contributed by atoms with van der Waals surface area (Å²) in [4.78, 5) is 16.7. The zero-order valence-corrected chi connectivity index (χ0v) is 12.3. The number of nitrogens with one attached hydrogen (secondary N) is 1. The molecule has 2 aliphatic heterocycles. The lowest BCUT2D eigenvalue weighted by atomic mass is 10.1. The molecule has 0 unspecified atom stereocenters. The molecule has 1 amide bonds. The van der Waals surface area contributed by atoms with E-state index >= 15 is 0 Å². The Balaban J connectivity index is 1.77. The summed E-state index contributed by atoms with van der Waals surface area (Å²) in [6.07, 6.45) is 0.946. The van der Waals surface area contributed by atoms with Crippen molar-refractivity contribution in [3.8, 4) is 0 Å². The minimum absolute atomic E-state index is 0.180. The molecule has 0 aromatic carbocycles. The van der Waals surface area contributed by atoms with Gasteiger partial charge in [-0.15, -0.1) is 11.3 Å². The number of nitrogens with zero attached hydrogens (tertiary/aromatic N) is 1. The fraction of sp³-hybridized carbons (Fsp3) is 0.643. The lowest BCUT2D eigenvalue weighted by molar-refractivity contribution is 0.0678. The molecule has 5 heteroatoms. The molecule has 1 aromatic heterocycles. The van der Waals surface area contributed by atoms with Crippen molar-refractivity contribution in [1.29, 1.82) is 0 Å².